The van der Waals surface area contributed by atoms with E-state index >= 15 is 0 Å². The minimum Gasteiger partial charge on any atom is -0.486 e. The SMILES string of the molecule is O=C(COc1ccc(C(=O)O)cc1)CSc1nc2ccccc2s1. The molecule has 2 aromatic carbocycles. The van der Waals surface area contributed by atoms with Gasteiger partial charge in [0.15, 0.2) is 10.1 Å². The molecule has 0 aliphatic carbocycles. The molecule has 1 aromatic heterocycles. The number of para-hydroxylation sites is 1. The van der Waals surface area contributed by atoms with Crippen molar-refractivity contribution in [3.05, 3.63) is 54.1 Å². The summed E-state index contributed by atoms with van der Waals surface area (Å²) in [5.41, 5.74) is 1.12. The van der Waals surface area contributed by atoms with Gasteiger partial charge in [-0.2, -0.15) is 0 Å². The van der Waals surface area contributed by atoms with Crippen LogP contribution in [0.5, 0.6) is 5.75 Å². The zero-order valence-corrected chi connectivity index (χ0v) is 14.1. The Morgan fingerprint density at radius 1 is 1.12 bits per heavy atom. The molecule has 7 heteroatoms. The summed E-state index contributed by atoms with van der Waals surface area (Å²) in [5.74, 6) is -0.294. The number of aromatic nitrogens is 1. The largest absolute Gasteiger partial charge is 0.486 e. The highest BCUT2D eigenvalue weighted by Gasteiger charge is 2.09. The lowest BCUT2D eigenvalue weighted by molar-refractivity contribution is -0.118. The number of hydrogen-bond donors (Lipinski definition) is 1. The molecule has 1 heterocycles. The average molecular weight is 359 g/mol. The zero-order chi connectivity index (χ0) is 16.9. The molecular weight excluding hydrogens is 346 g/mol. The molecule has 0 saturated carbocycles. The maximum atomic E-state index is 11.9. The molecule has 0 spiro atoms. The third kappa shape index (κ3) is 4.12. The number of fused-ring (bicyclic) bond motifs is 1. The zero-order valence-electron chi connectivity index (χ0n) is 12.5. The normalized spacial score (nSPS) is 10.7. The number of nitrogens with zero attached hydrogens (tertiary/aromatic N) is 1. The topological polar surface area (TPSA) is 76.5 Å². The Hall–Kier alpha value is -2.38. The van der Waals surface area contributed by atoms with Gasteiger partial charge < -0.3 is 9.84 Å². The molecule has 0 fully saturated rings. The average Bonchev–Trinajstić information content (AvgIpc) is 3.01. The van der Waals surface area contributed by atoms with E-state index in [0.717, 1.165) is 14.6 Å². The number of thioether (sulfide) groups is 1. The number of carbonyl (C=O) groups is 2. The van der Waals surface area contributed by atoms with Gasteiger partial charge in [-0.15, -0.1) is 11.3 Å². The summed E-state index contributed by atoms with van der Waals surface area (Å²) in [6.45, 7) is -0.0513. The van der Waals surface area contributed by atoms with Crippen molar-refractivity contribution in [2.45, 2.75) is 4.34 Å². The van der Waals surface area contributed by atoms with Crippen molar-refractivity contribution in [3.63, 3.8) is 0 Å². The van der Waals surface area contributed by atoms with Crippen LogP contribution in [0.4, 0.5) is 0 Å². The summed E-state index contributed by atoms with van der Waals surface area (Å²) in [4.78, 5) is 27.1. The summed E-state index contributed by atoms with van der Waals surface area (Å²) >= 11 is 2.96. The Balaban J connectivity index is 1.49. The number of ketones is 1. The van der Waals surface area contributed by atoms with Crippen molar-refractivity contribution in [2.24, 2.45) is 0 Å². The van der Waals surface area contributed by atoms with Gasteiger partial charge >= 0.3 is 5.97 Å². The highest BCUT2D eigenvalue weighted by molar-refractivity contribution is 8.01. The Morgan fingerprint density at radius 3 is 2.58 bits per heavy atom. The molecule has 0 aliphatic heterocycles. The molecule has 3 aromatic rings. The van der Waals surface area contributed by atoms with Crippen LogP contribution in [0.15, 0.2) is 52.9 Å². The maximum Gasteiger partial charge on any atom is 0.335 e. The van der Waals surface area contributed by atoms with Gasteiger partial charge in [-0.25, -0.2) is 9.78 Å². The number of carbonyl (C=O) groups excluding carboxylic acids is 1. The van der Waals surface area contributed by atoms with Gasteiger partial charge in [-0.05, 0) is 36.4 Å². The minimum absolute atomic E-state index is 0.0513. The number of ether oxygens (including phenoxy) is 1. The second-order valence-electron chi connectivity index (χ2n) is 4.89. The van der Waals surface area contributed by atoms with E-state index in [-0.39, 0.29) is 23.7 Å². The van der Waals surface area contributed by atoms with E-state index in [1.54, 1.807) is 11.3 Å². The van der Waals surface area contributed by atoms with Gasteiger partial charge in [0.2, 0.25) is 0 Å². The van der Waals surface area contributed by atoms with Gasteiger partial charge in [0, 0.05) is 0 Å². The van der Waals surface area contributed by atoms with Crippen LogP contribution in [0.3, 0.4) is 0 Å². The number of carboxylic acids is 1. The van der Waals surface area contributed by atoms with Crippen molar-refractivity contribution in [1.82, 2.24) is 4.98 Å². The Labute approximate surface area is 146 Å². The smallest absolute Gasteiger partial charge is 0.335 e. The first kappa shape index (κ1) is 16.5. The molecule has 0 radical (unpaired) electrons. The molecular formula is C17H13NO4S2. The lowest BCUT2D eigenvalue weighted by Gasteiger charge is -2.05. The fourth-order valence-corrected chi connectivity index (χ4v) is 3.86. The molecule has 0 bridgehead atoms. The molecule has 1 N–H and O–H groups in total. The number of benzene rings is 2. The molecule has 0 aliphatic rings. The van der Waals surface area contributed by atoms with Gasteiger partial charge in [-0.1, -0.05) is 23.9 Å². The predicted molar refractivity (Wildman–Crippen MR) is 94.2 cm³/mol. The summed E-state index contributed by atoms with van der Waals surface area (Å²) in [7, 11) is 0. The van der Waals surface area contributed by atoms with Crippen molar-refractivity contribution in [3.8, 4) is 5.75 Å². The van der Waals surface area contributed by atoms with Crippen LogP contribution in [-0.4, -0.2) is 34.2 Å². The minimum atomic E-state index is -0.995. The highest BCUT2D eigenvalue weighted by Crippen LogP contribution is 2.29. The third-order valence-corrected chi connectivity index (χ3v) is 5.37. The monoisotopic (exact) mass is 359 g/mol. The van der Waals surface area contributed by atoms with Crippen molar-refractivity contribution >= 4 is 45.1 Å². The maximum absolute atomic E-state index is 11.9. The molecule has 5 nitrogen and oxygen atoms in total. The number of carboxylic acid groups (broad SMARTS) is 1. The summed E-state index contributed by atoms with van der Waals surface area (Å²) in [6, 6.07) is 13.8. The van der Waals surface area contributed by atoms with Crippen molar-refractivity contribution in [1.29, 1.82) is 0 Å². The molecule has 122 valence electrons. The Morgan fingerprint density at radius 2 is 1.88 bits per heavy atom. The van der Waals surface area contributed by atoms with Crippen molar-refractivity contribution in [2.75, 3.05) is 12.4 Å². The molecule has 0 unspecified atom stereocenters. The van der Waals surface area contributed by atoms with Crippen LogP contribution in [0.1, 0.15) is 10.4 Å². The van der Waals surface area contributed by atoms with Gasteiger partial charge in [0.1, 0.15) is 12.4 Å². The van der Waals surface area contributed by atoms with E-state index in [2.05, 4.69) is 4.98 Å². The van der Waals surface area contributed by atoms with E-state index in [9.17, 15) is 9.59 Å². The van der Waals surface area contributed by atoms with Crippen LogP contribution >= 0.6 is 23.1 Å². The van der Waals surface area contributed by atoms with E-state index in [0.29, 0.717) is 5.75 Å². The van der Waals surface area contributed by atoms with E-state index in [1.165, 1.54) is 36.0 Å². The van der Waals surface area contributed by atoms with E-state index in [1.807, 2.05) is 24.3 Å². The molecule has 24 heavy (non-hydrogen) atoms. The summed E-state index contributed by atoms with van der Waals surface area (Å²) < 4.78 is 7.33. The second-order valence-corrected chi connectivity index (χ2v) is 7.15. The quantitative estimate of drug-likeness (QED) is 0.648. The lowest BCUT2D eigenvalue weighted by atomic mass is 10.2. The number of hydrogen-bond acceptors (Lipinski definition) is 6. The van der Waals surface area contributed by atoms with Gasteiger partial charge in [0.25, 0.3) is 0 Å². The summed E-state index contributed by atoms with van der Waals surface area (Å²) in [6.07, 6.45) is 0. The van der Waals surface area contributed by atoms with E-state index < -0.39 is 5.97 Å². The molecule has 3 rings (SSSR count). The Kier molecular flexibility index (Phi) is 5.12. The number of aromatic carboxylic acids is 1. The number of thiazole rings is 1. The van der Waals surface area contributed by atoms with Crippen LogP contribution in [0, 0.1) is 0 Å². The lowest BCUT2D eigenvalue weighted by Crippen LogP contribution is -2.13. The summed E-state index contributed by atoms with van der Waals surface area (Å²) in [5, 5.41) is 8.82. The first-order valence-electron chi connectivity index (χ1n) is 7.08. The third-order valence-electron chi connectivity index (χ3n) is 3.13. The van der Waals surface area contributed by atoms with Crippen LogP contribution in [0.25, 0.3) is 10.2 Å². The first-order chi connectivity index (χ1) is 11.6. The first-order valence-corrected chi connectivity index (χ1v) is 8.88. The van der Waals surface area contributed by atoms with Gasteiger partial charge in [-0.3, -0.25) is 4.79 Å². The molecule has 0 atom stereocenters. The fourth-order valence-electron chi connectivity index (χ4n) is 1.95. The van der Waals surface area contributed by atoms with Crippen LogP contribution < -0.4 is 4.74 Å². The van der Waals surface area contributed by atoms with Crippen LogP contribution in [-0.2, 0) is 4.79 Å². The van der Waals surface area contributed by atoms with E-state index in [4.69, 9.17) is 9.84 Å². The molecule has 0 saturated heterocycles. The molecule has 0 amide bonds. The standard InChI is InChI=1S/C17H13NO4S2/c19-12(9-22-13-7-5-11(6-8-13)16(20)21)10-23-17-18-14-3-1-2-4-15(14)24-17/h1-8H,9-10H2,(H,20,21). The fraction of sp³-hybridized carbons (Fsp3) is 0.118. The number of Topliss-reactive ketones (excluding diaryl/α,β-unsaturated/α-hetero) is 1. The second kappa shape index (κ2) is 7.46. The van der Waals surface area contributed by atoms with Crippen molar-refractivity contribution < 1.29 is 19.4 Å². The van der Waals surface area contributed by atoms with Gasteiger partial charge in [0.05, 0.1) is 21.5 Å². The Bertz CT molecular complexity index is 841. The predicted octanol–water partition coefficient (Wildman–Crippen LogP) is 3.73. The number of rotatable bonds is 7. The highest BCUT2D eigenvalue weighted by atomic mass is 32.2. The van der Waals surface area contributed by atoms with Crippen LogP contribution in [0.2, 0.25) is 0 Å².